The maximum Gasteiger partial charge on any atom is 0.246 e. The van der Waals surface area contributed by atoms with Crippen LogP contribution in [-0.4, -0.2) is 99.1 Å². The summed E-state index contributed by atoms with van der Waals surface area (Å²) in [5, 5.41) is 17.0. The number of rotatable bonds is 6. The Labute approximate surface area is 256 Å². The highest BCUT2D eigenvalue weighted by Gasteiger charge is 2.33. The van der Waals surface area contributed by atoms with Crippen molar-refractivity contribution in [1.82, 2.24) is 40.7 Å². The third-order valence-electron chi connectivity index (χ3n) is 7.54. The molecule has 1 fully saturated rings. The van der Waals surface area contributed by atoms with Crippen molar-refractivity contribution >= 4 is 40.6 Å². The van der Waals surface area contributed by atoms with Crippen LogP contribution >= 0.6 is 0 Å². The number of nitrogens with one attached hydrogen (secondary N) is 3. The summed E-state index contributed by atoms with van der Waals surface area (Å²) in [5.74, 6) is -2.32. The van der Waals surface area contributed by atoms with Crippen LogP contribution in [0.1, 0.15) is 32.8 Å². The third kappa shape index (κ3) is 8.39. The minimum atomic E-state index is -0.933. The summed E-state index contributed by atoms with van der Waals surface area (Å²) in [7, 11) is 1.49. The molecule has 0 saturated carbocycles. The molecular weight excluding hydrogens is 564 g/mol. The van der Waals surface area contributed by atoms with Crippen LogP contribution < -0.4 is 16.0 Å². The van der Waals surface area contributed by atoms with Gasteiger partial charge < -0.3 is 25.8 Å². The summed E-state index contributed by atoms with van der Waals surface area (Å²) in [5.41, 5.74) is 2.09. The normalized spacial score (nSPS) is 21.0. The number of nitrogens with zero attached hydrogens (tertiary/aromatic N) is 5. The van der Waals surface area contributed by atoms with Crippen molar-refractivity contribution in [3.8, 4) is 0 Å². The summed E-state index contributed by atoms with van der Waals surface area (Å²) >= 11 is 0. The van der Waals surface area contributed by atoms with E-state index < -0.39 is 47.7 Å². The lowest BCUT2D eigenvalue weighted by Gasteiger charge is -2.30. The van der Waals surface area contributed by atoms with Crippen molar-refractivity contribution in [3.63, 3.8) is 0 Å². The topological polar surface area (TPSA) is 159 Å². The first kappa shape index (κ1) is 32.1. The zero-order chi connectivity index (χ0) is 31.8. The molecule has 1 aromatic heterocycles. The molecule has 2 heterocycles. The Morgan fingerprint density at radius 3 is 2.18 bits per heavy atom. The SMILES string of the molecule is CC(C)C[C@@H]1NC(=O)CN(C(=O)Cn2nc3ccccc3n2)CCNC(=O)[C@H](Cc2ccccc2)NC(=O)[C@H](C)N(C)C1=O. The van der Waals surface area contributed by atoms with Gasteiger partial charge >= 0.3 is 0 Å². The van der Waals surface area contributed by atoms with E-state index >= 15 is 0 Å². The molecule has 0 unspecified atom stereocenters. The Morgan fingerprint density at radius 1 is 0.909 bits per heavy atom. The van der Waals surface area contributed by atoms with E-state index in [1.807, 2.05) is 56.3 Å². The minimum absolute atomic E-state index is 0.00385. The van der Waals surface area contributed by atoms with Crippen LogP contribution in [0.15, 0.2) is 54.6 Å². The quantitative estimate of drug-likeness (QED) is 0.370. The highest BCUT2D eigenvalue weighted by atomic mass is 16.2. The van der Waals surface area contributed by atoms with Crippen molar-refractivity contribution < 1.29 is 24.0 Å². The summed E-state index contributed by atoms with van der Waals surface area (Å²) in [4.78, 5) is 70.7. The summed E-state index contributed by atoms with van der Waals surface area (Å²) in [6.07, 6.45) is 0.553. The molecule has 2 aromatic carbocycles. The average molecular weight is 605 g/mol. The van der Waals surface area contributed by atoms with Crippen LogP contribution in [0.3, 0.4) is 0 Å². The number of fused-ring (bicyclic) bond motifs is 1. The largest absolute Gasteiger partial charge is 0.353 e. The van der Waals surface area contributed by atoms with E-state index in [1.165, 1.54) is 21.6 Å². The van der Waals surface area contributed by atoms with Gasteiger partial charge in [-0.15, -0.1) is 0 Å². The Bertz CT molecular complexity index is 1460. The number of aromatic nitrogens is 3. The van der Waals surface area contributed by atoms with E-state index in [0.29, 0.717) is 17.5 Å². The van der Waals surface area contributed by atoms with Crippen molar-refractivity contribution in [2.45, 2.75) is 58.3 Å². The van der Waals surface area contributed by atoms with Gasteiger partial charge in [0, 0.05) is 26.6 Å². The second kappa shape index (κ2) is 14.6. The molecule has 3 aromatic rings. The fourth-order valence-corrected chi connectivity index (χ4v) is 5.00. The van der Waals surface area contributed by atoms with E-state index in [0.717, 1.165) is 5.56 Å². The molecule has 0 spiro atoms. The van der Waals surface area contributed by atoms with E-state index in [9.17, 15) is 24.0 Å². The lowest BCUT2D eigenvalue weighted by atomic mass is 10.0. The fourth-order valence-electron chi connectivity index (χ4n) is 5.00. The molecule has 3 atom stereocenters. The number of carbonyl (C=O) groups is 5. The van der Waals surface area contributed by atoms with E-state index in [-0.39, 0.29) is 38.5 Å². The second-order valence-electron chi connectivity index (χ2n) is 11.5. The van der Waals surface area contributed by atoms with Gasteiger partial charge in [0.1, 0.15) is 35.7 Å². The molecule has 234 valence electrons. The molecule has 44 heavy (non-hydrogen) atoms. The molecule has 1 aliphatic rings. The van der Waals surface area contributed by atoms with Crippen LogP contribution in [0.4, 0.5) is 0 Å². The minimum Gasteiger partial charge on any atom is -0.353 e. The number of amides is 5. The fraction of sp³-hybridized carbons (Fsp3) is 0.452. The molecule has 3 N–H and O–H groups in total. The second-order valence-corrected chi connectivity index (χ2v) is 11.5. The van der Waals surface area contributed by atoms with Gasteiger partial charge in [-0.1, -0.05) is 56.3 Å². The molecule has 4 rings (SSSR count). The predicted molar refractivity (Wildman–Crippen MR) is 163 cm³/mol. The Balaban J connectivity index is 1.60. The van der Waals surface area contributed by atoms with Gasteiger partial charge in [0.15, 0.2) is 0 Å². The Hall–Kier alpha value is -4.81. The van der Waals surface area contributed by atoms with Crippen LogP contribution in [-0.2, 0) is 36.9 Å². The first-order valence-electron chi connectivity index (χ1n) is 14.8. The zero-order valence-corrected chi connectivity index (χ0v) is 25.5. The monoisotopic (exact) mass is 604 g/mol. The highest BCUT2D eigenvalue weighted by molar-refractivity contribution is 5.95. The third-order valence-corrected chi connectivity index (χ3v) is 7.54. The molecular formula is C31H40N8O5. The van der Waals surface area contributed by atoms with Gasteiger partial charge in [-0.25, -0.2) is 0 Å². The van der Waals surface area contributed by atoms with E-state index in [2.05, 4.69) is 26.1 Å². The molecule has 0 aliphatic carbocycles. The van der Waals surface area contributed by atoms with Crippen LogP contribution in [0.2, 0.25) is 0 Å². The van der Waals surface area contributed by atoms with Crippen molar-refractivity contribution in [1.29, 1.82) is 0 Å². The molecule has 13 heteroatoms. The lowest BCUT2D eigenvalue weighted by Crippen LogP contribution is -2.57. The average Bonchev–Trinajstić information content (AvgIpc) is 3.40. The molecule has 13 nitrogen and oxygen atoms in total. The summed E-state index contributed by atoms with van der Waals surface area (Å²) in [6, 6.07) is 13.7. The maximum absolute atomic E-state index is 13.6. The van der Waals surface area contributed by atoms with Crippen LogP contribution in [0.5, 0.6) is 0 Å². The molecule has 0 radical (unpaired) electrons. The summed E-state index contributed by atoms with van der Waals surface area (Å²) < 4.78 is 0. The number of benzene rings is 2. The zero-order valence-electron chi connectivity index (χ0n) is 25.5. The Kier molecular flexibility index (Phi) is 10.6. The first-order valence-corrected chi connectivity index (χ1v) is 14.8. The number of hydrogen-bond donors (Lipinski definition) is 3. The molecule has 5 amide bonds. The van der Waals surface area contributed by atoms with Crippen molar-refractivity contribution in [3.05, 3.63) is 60.2 Å². The van der Waals surface area contributed by atoms with Gasteiger partial charge in [-0.2, -0.15) is 15.0 Å². The van der Waals surface area contributed by atoms with Gasteiger partial charge in [-0.3, -0.25) is 24.0 Å². The predicted octanol–water partition coefficient (Wildman–Crippen LogP) is 0.495. The smallest absolute Gasteiger partial charge is 0.246 e. The van der Waals surface area contributed by atoms with E-state index in [1.54, 1.807) is 19.1 Å². The number of hydrogen-bond acceptors (Lipinski definition) is 7. The highest BCUT2D eigenvalue weighted by Crippen LogP contribution is 2.12. The van der Waals surface area contributed by atoms with Gasteiger partial charge in [0.2, 0.25) is 29.5 Å². The lowest BCUT2D eigenvalue weighted by molar-refractivity contribution is -0.142. The summed E-state index contributed by atoms with van der Waals surface area (Å²) in [6.45, 7) is 4.88. The molecule has 0 bridgehead atoms. The van der Waals surface area contributed by atoms with Gasteiger partial charge in [0.05, 0.1) is 6.54 Å². The van der Waals surface area contributed by atoms with E-state index in [4.69, 9.17) is 0 Å². The number of likely N-dealkylation sites (N-methyl/N-ethyl adjacent to an activating group) is 1. The maximum atomic E-state index is 13.6. The Morgan fingerprint density at radius 2 is 1.55 bits per heavy atom. The van der Waals surface area contributed by atoms with Gasteiger partial charge in [-0.05, 0) is 37.0 Å². The van der Waals surface area contributed by atoms with Crippen LogP contribution in [0, 0.1) is 5.92 Å². The van der Waals surface area contributed by atoms with Crippen molar-refractivity contribution in [2.75, 3.05) is 26.7 Å². The molecule has 1 saturated heterocycles. The van der Waals surface area contributed by atoms with Crippen molar-refractivity contribution in [2.24, 2.45) is 5.92 Å². The van der Waals surface area contributed by atoms with Crippen LogP contribution in [0.25, 0.3) is 11.0 Å². The first-order chi connectivity index (χ1) is 21.0. The molecule has 1 aliphatic heterocycles. The standard InChI is InChI=1S/C31H40N8O5/c1-20(2)16-26-31(44)37(4)21(3)29(42)34-25(17-22-10-6-5-7-11-22)30(43)32-14-15-38(18-27(40)33-26)28(41)19-39-35-23-12-8-9-13-24(23)36-39/h5-13,20-21,25-26H,14-19H2,1-4H3,(H,32,43)(H,33,40)(H,34,42)/t21-,25-,26-/m0/s1. The number of carbonyl (C=O) groups excluding carboxylic acids is 5. The van der Waals surface area contributed by atoms with Gasteiger partial charge in [0.25, 0.3) is 0 Å².